The number of anilines is 1. The third-order valence-electron chi connectivity index (χ3n) is 3.90. The number of carbonyl (C=O) groups is 2. The molecule has 3 rings (SSSR count). The summed E-state index contributed by atoms with van der Waals surface area (Å²) < 4.78 is 1.85. The third kappa shape index (κ3) is 3.56. The number of fused-ring (bicyclic) bond motifs is 1. The molecule has 9 heteroatoms. The fraction of sp³-hybridized carbons (Fsp3) is 0.176. The van der Waals surface area contributed by atoms with Crippen LogP contribution in [0.15, 0.2) is 30.5 Å². The maximum Gasteiger partial charge on any atom is 0.251 e. The first-order valence-electron chi connectivity index (χ1n) is 7.95. The van der Waals surface area contributed by atoms with Crippen molar-refractivity contribution in [2.24, 2.45) is 12.8 Å². The molecule has 134 valence electrons. The monoisotopic (exact) mass is 353 g/mol. The van der Waals surface area contributed by atoms with E-state index in [4.69, 9.17) is 11.1 Å². The number of hydrogen-bond donors (Lipinski definition) is 5. The number of nitrogens with one attached hydrogen (secondary N) is 4. The van der Waals surface area contributed by atoms with Crippen molar-refractivity contribution in [3.63, 3.8) is 0 Å². The van der Waals surface area contributed by atoms with Crippen LogP contribution in [0.4, 0.5) is 5.69 Å². The molecule has 0 bridgehead atoms. The molecular weight excluding hydrogens is 334 g/mol. The first kappa shape index (κ1) is 17.2. The summed E-state index contributed by atoms with van der Waals surface area (Å²) in [4.78, 5) is 30.5. The van der Waals surface area contributed by atoms with Gasteiger partial charge >= 0.3 is 0 Å². The Hall–Kier alpha value is -3.62. The van der Waals surface area contributed by atoms with Crippen LogP contribution in [0.1, 0.15) is 16.8 Å². The lowest BCUT2D eigenvalue weighted by Gasteiger charge is -2.04. The van der Waals surface area contributed by atoms with Crippen LogP contribution in [0.25, 0.3) is 22.6 Å². The first-order chi connectivity index (χ1) is 12.5. The van der Waals surface area contributed by atoms with Crippen LogP contribution in [0.5, 0.6) is 0 Å². The molecule has 0 unspecified atom stereocenters. The van der Waals surface area contributed by atoms with Crippen LogP contribution in [0.2, 0.25) is 0 Å². The van der Waals surface area contributed by atoms with Crippen LogP contribution in [-0.4, -0.2) is 39.2 Å². The number of carbonyl (C=O) groups excluding carboxylic acids is 2. The SMILES string of the molecule is Cn1cc(NC=O)cc1-c1nc2ccc(C(=O)NCCC(=N)N)cc2[nH]1. The number of aromatic amines is 1. The highest BCUT2D eigenvalue weighted by Gasteiger charge is 2.12. The van der Waals surface area contributed by atoms with Crippen molar-refractivity contribution < 1.29 is 9.59 Å². The van der Waals surface area contributed by atoms with Crippen LogP contribution in [0, 0.1) is 5.41 Å². The van der Waals surface area contributed by atoms with E-state index in [1.807, 2.05) is 17.7 Å². The maximum atomic E-state index is 12.2. The van der Waals surface area contributed by atoms with Crippen molar-refractivity contribution in [1.29, 1.82) is 5.41 Å². The summed E-state index contributed by atoms with van der Waals surface area (Å²) >= 11 is 0. The minimum absolute atomic E-state index is 0.0324. The Morgan fingerprint density at radius 1 is 1.42 bits per heavy atom. The predicted molar refractivity (Wildman–Crippen MR) is 99.1 cm³/mol. The molecule has 0 spiro atoms. The lowest BCUT2D eigenvalue weighted by molar-refractivity contribution is -0.105. The lowest BCUT2D eigenvalue weighted by atomic mass is 10.2. The topological polar surface area (TPSA) is 142 Å². The minimum atomic E-state index is -0.236. The zero-order valence-electron chi connectivity index (χ0n) is 14.2. The Kier molecular flexibility index (Phi) is 4.70. The molecule has 9 nitrogen and oxygen atoms in total. The van der Waals surface area contributed by atoms with E-state index in [0.717, 1.165) is 16.7 Å². The molecule has 2 heterocycles. The normalized spacial score (nSPS) is 10.7. The summed E-state index contributed by atoms with van der Waals surface area (Å²) in [7, 11) is 1.85. The van der Waals surface area contributed by atoms with E-state index in [0.29, 0.717) is 36.5 Å². The quantitative estimate of drug-likeness (QED) is 0.247. The van der Waals surface area contributed by atoms with Gasteiger partial charge in [-0.15, -0.1) is 0 Å². The number of aromatic nitrogens is 3. The number of aryl methyl sites for hydroxylation is 1. The molecule has 0 saturated carbocycles. The van der Waals surface area contributed by atoms with Crippen LogP contribution >= 0.6 is 0 Å². The Labute approximate surface area is 149 Å². The third-order valence-corrected chi connectivity index (χ3v) is 3.90. The fourth-order valence-corrected chi connectivity index (χ4v) is 2.63. The van der Waals surface area contributed by atoms with E-state index >= 15 is 0 Å². The van der Waals surface area contributed by atoms with Crippen molar-refractivity contribution in [3.05, 3.63) is 36.0 Å². The van der Waals surface area contributed by atoms with E-state index in [1.54, 1.807) is 24.4 Å². The maximum absolute atomic E-state index is 12.2. The van der Waals surface area contributed by atoms with Gasteiger partial charge in [-0.2, -0.15) is 0 Å². The van der Waals surface area contributed by atoms with Gasteiger partial charge in [0.2, 0.25) is 6.41 Å². The van der Waals surface area contributed by atoms with E-state index in [-0.39, 0.29) is 11.7 Å². The highest BCUT2D eigenvalue weighted by molar-refractivity contribution is 5.97. The molecule has 0 fully saturated rings. The second-order valence-electron chi connectivity index (χ2n) is 5.84. The molecule has 0 aliphatic rings. The summed E-state index contributed by atoms with van der Waals surface area (Å²) in [5.74, 6) is 0.432. The number of hydrogen-bond acceptors (Lipinski definition) is 4. The smallest absolute Gasteiger partial charge is 0.251 e. The van der Waals surface area contributed by atoms with Gasteiger partial charge in [-0.1, -0.05) is 0 Å². The number of benzene rings is 1. The summed E-state index contributed by atoms with van der Waals surface area (Å²) in [5, 5.41) is 12.5. The van der Waals surface area contributed by atoms with Crippen molar-refractivity contribution >= 4 is 34.9 Å². The summed E-state index contributed by atoms with van der Waals surface area (Å²) in [6.07, 6.45) is 2.71. The molecule has 0 radical (unpaired) electrons. The van der Waals surface area contributed by atoms with Crippen molar-refractivity contribution in [1.82, 2.24) is 19.9 Å². The van der Waals surface area contributed by atoms with E-state index in [1.165, 1.54) is 0 Å². The largest absolute Gasteiger partial charge is 0.388 e. The van der Waals surface area contributed by atoms with Gasteiger partial charge in [-0.25, -0.2) is 4.98 Å². The number of rotatable bonds is 7. The number of H-pyrrole nitrogens is 1. The Morgan fingerprint density at radius 2 is 2.23 bits per heavy atom. The second-order valence-corrected chi connectivity index (χ2v) is 5.84. The van der Waals surface area contributed by atoms with Gasteiger partial charge in [-0.05, 0) is 24.3 Å². The molecule has 2 amide bonds. The van der Waals surface area contributed by atoms with Crippen LogP contribution in [0.3, 0.4) is 0 Å². The number of nitrogens with zero attached hydrogens (tertiary/aromatic N) is 2. The van der Waals surface area contributed by atoms with E-state index in [9.17, 15) is 9.59 Å². The van der Waals surface area contributed by atoms with E-state index < -0.39 is 0 Å². The van der Waals surface area contributed by atoms with Crippen molar-refractivity contribution in [2.75, 3.05) is 11.9 Å². The van der Waals surface area contributed by atoms with Gasteiger partial charge in [0.15, 0.2) is 5.82 Å². The molecule has 0 aliphatic heterocycles. The Balaban J connectivity index is 1.84. The van der Waals surface area contributed by atoms with Crippen LogP contribution < -0.4 is 16.4 Å². The summed E-state index contributed by atoms with van der Waals surface area (Å²) in [6.45, 7) is 0.316. The minimum Gasteiger partial charge on any atom is -0.388 e. The Bertz CT molecular complexity index is 986. The van der Waals surface area contributed by atoms with Crippen LogP contribution in [-0.2, 0) is 11.8 Å². The average molecular weight is 353 g/mol. The molecule has 0 aliphatic carbocycles. The molecular formula is C17H19N7O2. The molecule has 1 aromatic carbocycles. The number of amidine groups is 1. The van der Waals surface area contributed by atoms with Gasteiger partial charge in [-0.3, -0.25) is 15.0 Å². The zero-order chi connectivity index (χ0) is 18.7. The van der Waals surface area contributed by atoms with Crippen molar-refractivity contribution in [3.8, 4) is 11.5 Å². The van der Waals surface area contributed by atoms with Gasteiger partial charge < -0.3 is 25.9 Å². The number of imidazole rings is 1. The molecule has 6 N–H and O–H groups in total. The molecule has 0 atom stereocenters. The average Bonchev–Trinajstić information content (AvgIpc) is 3.17. The van der Waals surface area contributed by atoms with E-state index in [2.05, 4.69) is 20.6 Å². The fourth-order valence-electron chi connectivity index (χ4n) is 2.63. The summed E-state index contributed by atoms with van der Waals surface area (Å²) in [5.41, 5.74) is 8.70. The van der Waals surface area contributed by atoms with Gasteiger partial charge in [0.25, 0.3) is 5.91 Å². The predicted octanol–water partition coefficient (Wildman–Crippen LogP) is 1.19. The number of nitrogens with two attached hydrogens (primary N) is 1. The highest BCUT2D eigenvalue weighted by atomic mass is 16.1. The standard InChI is InChI=1S/C17H19N7O2/c1-24-8-11(21-9-25)7-14(24)16-22-12-3-2-10(6-13(12)23-16)17(26)20-5-4-15(18)19/h2-3,6-9H,4-5H2,1H3,(H3,18,19)(H,20,26)(H,21,25)(H,22,23). The molecule has 26 heavy (non-hydrogen) atoms. The van der Waals surface area contributed by atoms with Gasteiger partial charge in [0.05, 0.1) is 28.3 Å². The lowest BCUT2D eigenvalue weighted by Crippen LogP contribution is -2.27. The molecule has 2 aromatic heterocycles. The van der Waals surface area contributed by atoms with Gasteiger partial charge in [0.1, 0.15) is 0 Å². The summed E-state index contributed by atoms with van der Waals surface area (Å²) in [6, 6.07) is 6.99. The second kappa shape index (κ2) is 7.09. The first-order valence-corrected chi connectivity index (χ1v) is 7.95. The molecule has 0 saturated heterocycles. The zero-order valence-corrected chi connectivity index (χ0v) is 14.2. The Morgan fingerprint density at radius 3 is 2.96 bits per heavy atom. The van der Waals surface area contributed by atoms with Gasteiger partial charge in [0, 0.05) is 31.8 Å². The number of amides is 2. The molecule has 3 aromatic rings. The van der Waals surface area contributed by atoms with Crippen molar-refractivity contribution in [2.45, 2.75) is 6.42 Å². The highest BCUT2D eigenvalue weighted by Crippen LogP contribution is 2.24.